The monoisotopic (exact) mass is 225 g/mol. The Hall–Kier alpha value is -1.39. The summed E-state index contributed by atoms with van der Waals surface area (Å²) in [6, 6.07) is 0. The number of aliphatic carboxylic acids is 1. The van der Waals surface area contributed by atoms with Gasteiger partial charge in [0.2, 0.25) is 11.8 Å². The van der Waals surface area contributed by atoms with Gasteiger partial charge in [0.25, 0.3) is 0 Å². The van der Waals surface area contributed by atoms with Gasteiger partial charge in [0.1, 0.15) is 5.54 Å². The predicted octanol–water partition coefficient (Wildman–Crippen LogP) is 0.779. The summed E-state index contributed by atoms with van der Waals surface area (Å²) >= 11 is 0. The molecule has 2 rings (SSSR count). The molecule has 16 heavy (non-hydrogen) atoms. The van der Waals surface area contributed by atoms with Crippen molar-refractivity contribution in [2.75, 3.05) is 0 Å². The number of amides is 2. The minimum Gasteiger partial charge on any atom is -0.479 e. The SMILES string of the molecule is CC1CC(=O)N(C2(C(=O)O)CCC2)C(=O)C1. The molecule has 0 atom stereocenters. The Morgan fingerprint density at radius 2 is 1.81 bits per heavy atom. The van der Waals surface area contributed by atoms with Gasteiger partial charge in [-0.25, -0.2) is 4.79 Å². The Kier molecular flexibility index (Phi) is 2.48. The summed E-state index contributed by atoms with van der Waals surface area (Å²) in [6.45, 7) is 1.83. The molecule has 1 saturated carbocycles. The second-order valence-corrected chi connectivity index (χ2v) is 4.83. The fraction of sp³-hybridized carbons (Fsp3) is 0.727. The maximum atomic E-state index is 11.8. The summed E-state index contributed by atoms with van der Waals surface area (Å²) < 4.78 is 0. The van der Waals surface area contributed by atoms with E-state index < -0.39 is 11.5 Å². The standard InChI is InChI=1S/C11H15NO4/c1-7-5-8(13)12(9(14)6-7)11(10(15)16)3-2-4-11/h7H,2-6H2,1H3,(H,15,16). The van der Waals surface area contributed by atoms with Gasteiger partial charge in [-0.1, -0.05) is 6.92 Å². The normalized spacial score (nSPS) is 25.4. The zero-order valence-electron chi connectivity index (χ0n) is 9.23. The van der Waals surface area contributed by atoms with E-state index in [1.807, 2.05) is 6.92 Å². The molecule has 1 aliphatic carbocycles. The highest BCUT2D eigenvalue weighted by molar-refractivity contribution is 6.03. The van der Waals surface area contributed by atoms with Crippen molar-refractivity contribution >= 4 is 17.8 Å². The van der Waals surface area contributed by atoms with E-state index in [-0.39, 0.29) is 30.6 Å². The first-order valence-corrected chi connectivity index (χ1v) is 5.56. The number of nitrogens with zero attached hydrogens (tertiary/aromatic N) is 1. The minimum atomic E-state index is -1.23. The lowest BCUT2D eigenvalue weighted by Crippen LogP contribution is -2.64. The molecule has 2 aliphatic rings. The summed E-state index contributed by atoms with van der Waals surface area (Å²) in [5.41, 5.74) is -1.23. The quantitative estimate of drug-likeness (QED) is 0.705. The first kappa shape index (κ1) is 11.1. The van der Waals surface area contributed by atoms with E-state index in [0.29, 0.717) is 12.8 Å². The smallest absolute Gasteiger partial charge is 0.330 e. The highest BCUT2D eigenvalue weighted by Crippen LogP contribution is 2.40. The van der Waals surface area contributed by atoms with Gasteiger partial charge < -0.3 is 5.11 Å². The van der Waals surface area contributed by atoms with Gasteiger partial charge in [0, 0.05) is 12.8 Å². The molecule has 5 heteroatoms. The molecular weight excluding hydrogens is 210 g/mol. The maximum Gasteiger partial charge on any atom is 0.330 e. The van der Waals surface area contributed by atoms with Crippen LogP contribution in [0, 0.1) is 5.92 Å². The van der Waals surface area contributed by atoms with Crippen molar-refractivity contribution in [3.63, 3.8) is 0 Å². The van der Waals surface area contributed by atoms with Crippen LogP contribution in [0.15, 0.2) is 0 Å². The number of carboxylic acids is 1. The minimum absolute atomic E-state index is 0.0298. The molecule has 2 fully saturated rings. The summed E-state index contributed by atoms with van der Waals surface area (Å²) in [7, 11) is 0. The Morgan fingerprint density at radius 3 is 2.12 bits per heavy atom. The van der Waals surface area contributed by atoms with Crippen molar-refractivity contribution in [1.29, 1.82) is 0 Å². The van der Waals surface area contributed by atoms with Crippen LogP contribution in [0.5, 0.6) is 0 Å². The van der Waals surface area contributed by atoms with Crippen molar-refractivity contribution in [1.82, 2.24) is 4.90 Å². The van der Waals surface area contributed by atoms with Gasteiger partial charge in [-0.05, 0) is 25.2 Å². The number of rotatable bonds is 2. The molecular formula is C11H15NO4. The zero-order chi connectivity index (χ0) is 11.9. The van der Waals surface area contributed by atoms with Crippen LogP contribution in [0.2, 0.25) is 0 Å². The van der Waals surface area contributed by atoms with Crippen LogP contribution in [-0.2, 0) is 14.4 Å². The van der Waals surface area contributed by atoms with Crippen molar-refractivity contribution in [3.05, 3.63) is 0 Å². The lowest BCUT2D eigenvalue weighted by molar-refractivity contribution is -0.176. The number of hydrogen-bond donors (Lipinski definition) is 1. The first-order valence-electron chi connectivity index (χ1n) is 5.56. The molecule has 2 amide bonds. The van der Waals surface area contributed by atoms with Crippen LogP contribution >= 0.6 is 0 Å². The summed E-state index contributed by atoms with van der Waals surface area (Å²) in [6.07, 6.45) is 2.11. The fourth-order valence-electron chi connectivity index (χ4n) is 2.51. The molecule has 1 heterocycles. The molecule has 1 saturated heterocycles. The van der Waals surface area contributed by atoms with Crippen LogP contribution in [0.1, 0.15) is 39.0 Å². The topological polar surface area (TPSA) is 74.7 Å². The number of carbonyl (C=O) groups is 3. The Morgan fingerprint density at radius 1 is 1.31 bits per heavy atom. The van der Waals surface area contributed by atoms with Crippen molar-refractivity contribution in [2.45, 2.75) is 44.6 Å². The van der Waals surface area contributed by atoms with Crippen LogP contribution in [0.3, 0.4) is 0 Å². The highest BCUT2D eigenvalue weighted by atomic mass is 16.4. The Bertz CT molecular complexity index is 341. The third kappa shape index (κ3) is 1.42. The average molecular weight is 225 g/mol. The molecule has 0 bridgehead atoms. The summed E-state index contributed by atoms with van der Waals surface area (Å²) in [5, 5.41) is 9.19. The van der Waals surface area contributed by atoms with Gasteiger partial charge in [0.05, 0.1) is 0 Å². The number of likely N-dealkylation sites (tertiary alicyclic amines) is 1. The van der Waals surface area contributed by atoms with E-state index in [2.05, 4.69) is 0 Å². The lowest BCUT2D eigenvalue weighted by atomic mass is 9.74. The van der Waals surface area contributed by atoms with Gasteiger partial charge >= 0.3 is 5.97 Å². The van der Waals surface area contributed by atoms with E-state index in [1.54, 1.807) is 0 Å². The number of piperidine rings is 1. The Balaban J connectivity index is 2.28. The van der Waals surface area contributed by atoms with Crippen molar-refractivity contribution < 1.29 is 19.5 Å². The maximum absolute atomic E-state index is 11.8. The van der Waals surface area contributed by atoms with Crippen molar-refractivity contribution in [2.24, 2.45) is 5.92 Å². The second kappa shape index (κ2) is 3.57. The Labute approximate surface area is 93.4 Å². The molecule has 5 nitrogen and oxygen atoms in total. The molecule has 1 aliphatic heterocycles. The van der Waals surface area contributed by atoms with E-state index in [9.17, 15) is 19.5 Å². The highest BCUT2D eigenvalue weighted by Gasteiger charge is 2.55. The average Bonchev–Trinajstić information content (AvgIpc) is 2.06. The molecule has 0 aromatic carbocycles. The number of carbonyl (C=O) groups excluding carboxylic acids is 2. The van der Waals surface area contributed by atoms with E-state index in [4.69, 9.17) is 0 Å². The van der Waals surface area contributed by atoms with Gasteiger partial charge in [-0.15, -0.1) is 0 Å². The number of hydrogen-bond acceptors (Lipinski definition) is 3. The molecule has 0 unspecified atom stereocenters. The lowest BCUT2D eigenvalue weighted by Gasteiger charge is -2.47. The van der Waals surface area contributed by atoms with Crippen LogP contribution in [-0.4, -0.2) is 33.3 Å². The molecule has 0 spiro atoms. The molecule has 0 radical (unpaired) electrons. The van der Waals surface area contributed by atoms with Crippen LogP contribution in [0.25, 0.3) is 0 Å². The largest absolute Gasteiger partial charge is 0.479 e. The molecule has 0 aromatic heterocycles. The van der Waals surface area contributed by atoms with Crippen LogP contribution in [0.4, 0.5) is 0 Å². The summed E-state index contributed by atoms with van der Waals surface area (Å²) in [4.78, 5) is 35.8. The molecule has 88 valence electrons. The summed E-state index contributed by atoms with van der Waals surface area (Å²) in [5.74, 6) is -1.67. The van der Waals surface area contributed by atoms with E-state index in [0.717, 1.165) is 11.3 Å². The zero-order valence-corrected chi connectivity index (χ0v) is 9.23. The molecule has 1 N–H and O–H groups in total. The predicted molar refractivity (Wildman–Crippen MR) is 54.5 cm³/mol. The van der Waals surface area contributed by atoms with Gasteiger partial charge in [-0.2, -0.15) is 0 Å². The third-order valence-corrected chi connectivity index (χ3v) is 3.55. The first-order chi connectivity index (χ1) is 7.47. The van der Waals surface area contributed by atoms with E-state index >= 15 is 0 Å². The third-order valence-electron chi connectivity index (χ3n) is 3.55. The number of imide groups is 1. The molecule has 0 aromatic rings. The number of carboxylic acid groups (broad SMARTS) is 1. The van der Waals surface area contributed by atoms with Crippen LogP contribution < -0.4 is 0 Å². The second-order valence-electron chi connectivity index (χ2n) is 4.83. The van der Waals surface area contributed by atoms with E-state index in [1.165, 1.54) is 0 Å². The van der Waals surface area contributed by atoms with Gasteiger partial charge in [-0.3, -0.25) is 14.5 Å². The van der Waals surface area contributed by atoms with Gasteiger partial charge in [0.15, 0.2) is 0 Å². The fourth-order valence-corrected chi connectivity index (χ4v) is 2.51. The van der Waals surface area contributed by atoms with Crippen molar-refractivity contribution in [3.8, 4) is 0 Å².